The van der Waals surface area contributed by atoms with Crippen molar-refractivity contribution >= 4 is 5.91 Å². The molecule has 0 radical (unpaired) electrons. The first-order valence-corrected chi connectivity index (χ1v) is 5.00. The van der Waals surface area contributed by atoms with Crippen LogP contribution in [-0.4, -0.2) is 23.9 Å². The summed E-state index contributed by atoms with van der Waals surface area (Å²) in [4.78, 5) is 13.3. The van der Waals surface area contributed by atoms with Crippen LogP contribution in [0.4, 0.5) is 0 Å². The highest BCUT2D eigenvalue weighted by atomic mass is 16.4. The molecule has 5 nitrogen and oxygen atoms in total. The SMILES string of the molecule is CN(Cc1ccc(C(=O)NN)o1)C1CC1. The number of furan rings is 1. The van der Waals surface area contributed by atoms with E-state index in [2.05, 4.69) is 11.9 Å². The predicted octanol–water partition coefficient (Wildman–Crippen LogP) is 0.477. The molecule has 0 unspecified atom stereocenters. The first-order chi connectivity index (χ1) is 7.20. The van der Waals surface area contributed by atoms with Crippen LogP contribution in [0.15, 0.2) is 16.5 Å². The van der Waals surface area contributed by atoms with Gasteiger partial charge in [0.15, 0.2) is 5.76 Å². The fourth-order valence-electron chi connectivity index (χ4n) is 1.55. The van der Waals surface area contributed by atoms with Crippen molar-refractivity contribution in [3.63, 3.8) is 0 Å². The fourth-order valence-corrected chi connectivity index (χ4v) is 1.55. The second kappa shape index (κ2) is 4.04. The Morgan fingerprint density at radius 2 is 2.40 bits per heavy atom. The van der Waals surface area contributed by atoms with Gasteiger partial charge >= 0.3 is 5.91 Å². The number of hydrogen-bond donors (Lipinski definition) is 2. The quantitative estimate of drug-likeness (QED) is 0.430. The van der Waals surface area contributed by atoms with Crippen LogP contribution in [0.3, 0.4) is 0 Å². The second-order valence-electron chi connectivity index (χ2n) is 3.89. The lowest BCUT2D eigenvalue weighted by Gasteiger charge is -2.12. The van der Waals surface area contributed by atoms with Gasteiger partial charge in [-0.25, -0.2) is 5.84 Å². The molecule has 0 bridgehead atoms. The topological polar surface area (TPSA) is 71.5 Å². The number of nitrogens with one attached hydrogen (secondary N) is 1. The number of carbonyl (C=O) groups excluding carboxylic acids is 1. The third kappa shape index (κ3) is 2.37. The van der Waals surface area contributed by atoms with Crippen LogP contribution >= 0.6 is 0 Å². The van der Waals surface area contributed by atoms with Crippen molar-refractivity contribution in [1.29, 1.82) is 0 Å². The van der Waals surface area contributed by atoms with E-state index in [0.29, 0.717) is 6.04 Å². The smallest absolute Gasteiger partial charge is 0.300 e. The molecule has 3 N–H and O–H groups in total. The average Bonchev–Trinajstić information content (AvgIpc) is 2.99. The van der Waals surface area contributed by atoms with Gasteiger partial charge in [-0.1, -0.05) is 0 Å². The Bertz CT molecular complexity index is 357. The van der Waals surface area contributed by atoms with E-state index in [9.17, 15) is 4.79 Å². The zero-order valence-electron chi connectivity index (χ0n) is 8.69. The first-order valence-electron chi connectivity index (χ1n) is 5.00. The Morgan fingerprint density at radius 1 is 1.67 bits per heavy atom. The highest BCUT2D eigenvalue weighted by Crippen LogP contribution is 2.26. The molecule has 5 heteroatoms. The standard InChI is InChI=1S/C10H15N3O2/c1-13(7-2-3-7)6-8-4-5-9(15-8)10(14)12-11/h4-5,7H,2-3,6,11H2,1H3,(H,12,14). The molecule has 1 fully saturated rings. The van der Waals surface area contributed by atoms with Crippen molar-refractivity contribution in [3.8, 4) is 0 Å². The summed E-state index contributed by atoms with van der Waals surface area (Å²) in [5, 5.41) is 0. The summed E-state index contributed by atoms with van der Waals surface area (Å²) < 4.78 is 5.35. The molecule has 1 saturated carbocycles. The van der Waals surface area contributed by atoms with E-state index in [1.165, 1.54) is 12.8 Å². The molecule has 1 heterocycles. The number of carbonyl (C=O) groups is 1. The third-order valence-corrected chi connectivity index (χ3v) is 2.59. The number of nitrogens with zero attached hydrogens (tertiary/aromatic N) is 1. The molecule has 1 aromatic rings. The molecular formula is C10H15N3O2. The van der Waals surface area contributed by atoms with E-state index < -0.39 is 5.91 Å². The largest absolute Gasteiger partial charge is 0.455 e. The monoisotopic (exact) mass is 209 g/mol. The van der Waals surface area contributed by atoms with Crippen molar-refractivity contribution < 1.29 is 9.21 Å². The molecule has 0 spiro atoms. The fraction of sp³-hybridized carbons (Fsp3) is 0.500. The van der Waals surface area contributed by atoms with Gasteiger partial charge in [0, 0.05) is 6.04 Å². The maximum Gasteiger partial charge on any atom is 0.300 e. The second-order valence-corrected chi connectivity index (χ2v) is 3.89. The summed E-state index contributed by atoms with van der Waals surface area (Å²) >= 11 is 0. The lowest BCUT2D eigenvalue weighted by atomic mass is 10.4. The summed E-state index contributed by atoms with van der Waals surface area (Å²) in [5.41, 5.74) is 2.04. The highest BCUT2D eigenvalue weighted by molar-refractivity contribution is 5.90. The van der Waals surface area contributed by atoms with Gasteiger partial charge in [0.05, 0.1) is 6.54 Å². The van der Waals surface area contributed by atoms with Crippen LogP contribution in [0.5, 0.6) is 0 Å². The minimum absolute atomic E-state index is 0.261. The van der Waals surface area contributed by atoms with Gasteiger partial charge in [-0.15, -0.1) is 0 Å². The number of nitrogen functional groups attached to an aromatic ring is 1. The lowest BCUT2D eigenvalue weighted by molar-refractivity contribution is 0.0922. The minimum Gasteiger partial charge on any atom is -0.455 e. The summed E-state index contributed by atoms with van der Waals surface area (Å²) in [5.74, 6) is 5.66. The average molecular weight is 209 g/mol. The zero-order valence-corrected chi connectivity index (χ0v) is 8.69. The highest BCUT2D eigenvalue weighted by Gasteiger charge is 2.26. The molecule has 1 amide bonds. The predicted molar refractivity (Wildman–Crippen MR) is 54.9 cm³/mol. The van der Waals surface area contributed by atoms with E-state index in [4.69, 9.17) is 10.3 Å². The Morgan fingerprint density at radius 3 is 3.00 bits per heavy atom. The summed E-state index contributed by atoms with van der Waals surface area (Å²) in [6, 6.07) is 4.13. The Balaban J connectivity index is 1.97. The lowest BCUT2D eigenvalue weighted by Crippen LogP contribution is -2.29. The minimum atomic E-state index is -0.393. The van der Waals surface area contributed by atoms with Crippen LogP contribution in [0.1, 0.15) is 29.2 Å². The first kappa shape index (κ1) is 10.2. The molecule has 2 rings (SSSR count). The van der Waals surface area contributed by atoms with Gasteiger partial charge in [-0.2, -0.15) is 0 Å². The Hall–Kier alpha value is -1.33. The van der Waals surface area contributed by atoms with Gasteiger partial charge < -0.3 is 4.42 Å². The third-order valence-electron chi connectivity index (χ3n) is 2.59. The molecule has 0 saturated heterocycles. The van der Waals surface area contributed by atoms with Crippen LogP contribution in [0.25, 0.3) is 0 Å². The van der Waals surface area contributed by atoms with Crippen molar-refractivity contribution in [3.05, 3.63) is 23.7 Å². The number of rotatable bonds is 4. The van der Waals surface area contributed by atoms with Crippen molar-refractivity contribution in [2.45, 2.75) is 25.4 Å². The molecular weight excluding hydrogens is 194 g/mol. The maximum atomic E-state index is 11.1. The molecule has 15 heavy (non-hydrogen) atoms. The molecule has 0 aromatic carbocycles. The van der Waals surface area contributed by atoms with Crippen molar-refractivity contribution in [2.75, 3.05) is 7.05 Å². The Kier molecular flexibility index (Phi) is 2.75. The number of hydrazine groups is 1. The van der Waals surface area contributed by atoms with Gasteiger partial charge in [0.25, 0.3) is 0 Å². The van der Waals surface area contributed by atoms with Crippen molar-refractivity contribution in [1.82, 2.24) is 10.3 Å². The molecule has 82 valence electrons. The number of nitrogens with two attached hydrogens (primary N) is 1. The van der Waals surface area contributed by atoms with Gasteiger partial charge in [-0.05, 0) is 32.0 Å². The molecule has 1 aliphatic carbocycles. The Labute approximate surface area is 88.2 Å². The zero-order chi connectivity index (χ0) is 10.8. The van der Waals surface area contributed by atoms with Gasteiger partial charge in [-0.3, -0.25) is 15.1 Å². The van der Waals surface area contributed by atoms with Gasteiger partial charge in [0.1, 0.15) is 5.76 Å². The normalized spacial score (nSPS) is 15.7. The van der Waals surface area contributed by atoms with E-state index in [1.54, 1.807) is 6.07 Å². The van der Waals surface area contributed by atoms with E-state index in [0.717, 1.165) is 12.3 Å². The molecule has 1 aromatic heterocycles. The summed E-state index contributed by atoms with van der Waals surface area (Å²) in [7, 11) is 2.06. The van der Waals surface area contributed by atoms with Gasteiger partial charge in [0.2, 0.25) is 0 Å². The number of hydrogen-bond acceptors (Lipinski definition) is 4. The van der Waals surface area contributed by atoms with Crippen LogP contribution in [-0.2, 0) is 6.54 Å². The summed E-state index contributed by atoms with van der Waals surface area (Å²) in [6.45, 7) is 0.739. The van der Waals surface area contributed by atoms with Crippen LogP contribution in [0.2, 0.25) is 0 Å². The van der Waals surface area contributed by atoms with Crippen molar-refractivity contribution in [2.24, 2.45) is 5.84 Å². The van der Waals surface area contributed by atoms with E-state index in [1.807, 2.05) is 11.5 Å². The van der Waals surface area contributed by atoms with E-state index in [-0.39, 0.29) is 5.76 Å². The molecule has 1 aliphatic rings. The maximum absolute atomic E-state index is 11.1. The van der Waals surface area contributed by atoms with Crippen LogP contribution < -0.4 is 11.3 Å². The molecule has 0 atom stereocenters. The van der Waals surface area contributed by atoms with Crippen LogP contribution in [0, 0.1) is 0 Å². The number of amides is 1. The summed E-state index contributed by atoms with van der Waals surface area (Å²) in [6.07, 6.45) is 2.51. The molecule has 0 aliphatic heterocycles. The van der Waals surface area contributed by atoms with E-state index >= 15 is 0 Å².